The lowest BCUT2D eigenvalue weighted by Gasteiger charge is -2.25. The first-order valence-corrected chi connectivity index (χ1v) is 12.6. The molecule has 0 saturated heterocycles. The third kappa shape index (κ3) is 13.6. The van der Waals surface area contributed by atoms with Crippen LogP contribution in [0.3, 0.4) is 0 Å². The summed E-state index contributed by atoms with van der Waals surface area (Å²) in [5.41, 5.74) is 14.2. The number of hydrogen-bond donors (Lipinski definition) is 7. The second-order valence-electron chi connectivity index (χ2n) is 9.14. The minimum absolute atomic E-state index is 0.141. The van der Waals surface area contributed by atoms with Gasteiger partial charge in [0.1, 0.15) is 12.1 Å². The lowest BCUT2D eigenvalue weighted by molar-refractivity contribution is -0.132. The van der Waals surface area contributed by atoms with Crippen LogP contribution in [0.5, 0.6) is 0 Å². The Hall–Kier alpha value is -3.71. The van der Waals surface area contributed by atoms with Crippen LogP contribution in [0.2, 0.25) is 0 Å². The molecule has 6 amide bonds. The van der Waals surface area contributed by atoms with Crippen molar-refractivity contribution in [2.45, 2.75) is 71.1 Å². The molecule has 0 aliphatic heterocycles. The predicted octanol–water partition coefficient (Wildman–Crippen LogP) is 0.396. The van der Waals surface area contributed by atoms with Gasteiger partial charge in [-0.05, 0) is 49.3 Å². The van der Waals surface area contributed by atoms with E-state index < -0.39 is 35.8 Å². The Morgan fingerprint density at radius 2 is 1.55 bits per heavy atom. The largest absolute Gasteiger partial charge is 0.370 e. The van der Waals surface area contributed by atoms with Crippen LogP contribution >= 0.6 is 0 Å². The third-order valence-corrected chi connectivity index (χ3v) is 5.55. The van der Waals surface area contributed by atoms with Gasteiger partial charge >= 0.3 is 6.03 Å². The molecule has 2 unspecified atom stereocenters. The molecular weight excluding hydrogens is 494 g/mol. The molecule has 1 aromatic carbocycles. The first-order valence-electron chi connectivity index (χ1n) is 12.6. The predicted molar refractivity (Wildman–Crippen MR) is 142 cm³/mol. The number of rotatable bonds is 18. The number of carbonyl (C=O) groups excluding carboxylic acids is 5. The third-order valence-electron chi connectivity index (χ3n) is 5.55. The van der Waals surface area contributed by atoms with Crippen molar-refractivity contribution in [3.8, 4) is 0 Å². The lowest BCUT2D eigenvalue weighted by Crippen LogP contribution is -2.54. The second-order valence-corrected chi connectivity index (χ2v) is 9.14. The first kappa shape index (κ1) is 32.3. The Bertz CT molecular complexity index is 923. The number of unbranched alkanes of at least 4 members (excludes halogenated alkanes) is 1. The molecule has 2 atom stereocenters. The van der Waals surface area contributed by atoms with E-state index in [-0.39, 0.29) is 37.6 Å². The molecule has 0 spiro atoms. The first-order chi connectivity index (χ1) is 18.0. The molecule has 0 bridgehead atoms. The van der Waals surface area contributed by atoms with Crippen LogP contribution in [0.1, 0.15) is 57.9 Å². The molecule has 0 fully saturated rings. The van der Waals surface area contributed by atoms with Gasteiger partial charge in [0.05, 0.1) is 6.61 Å². The van der Waals surface area contributed by atoms with Crippen molar-refractivity contribution < 1.29 is 28.8 Å². The van der Waals surface area contributed by atoms with Gasteiger partial charge < -0.3 is 32.7 Å². The monoisotopic (exact) mass is 535 g/mol. The minimum atomic E-state index is -0.932. The molecule has 0 radical (unpaired) electrons. The zero-order valence-electron chi connectivity index (χ0n) is 22.3. The highest BCUT2D eigenvalue weighted by molar-refractivity contribution is 5.98. The number of hydroxylamine groups is 1. The quantitative estimate of drug-likeness (QED) is 0.104. The molecule has 0 saturated carbocycles. The van der Waals surface area contributed by atoms with Crippen molar-refractivity contribution in [3.05, 3.63) is 29.8 Å². The number of carbonyl (C=O) groups is 5. The summed E-state index contributed by atoms with van der Waals surface area (Å²) in [5.74, 6) is -1.97. The SMILES string of the molecule is CNOCc1ccc(NC(=O)C(CCCNC(N)=O)NC(=O)C(NC(=O)CCCCC(N)=O)C(C)C)cc1. The summed E-state index contributed by atoms with van der Waals surface area (Å²) in [7, 11) is 1.66. The highest BCUT2D eigenvalue weighted by Gasteiger charge is 2.28. The molecule has 9 N–H and O–H groups in total. The number of benzene rings is 1. The minimum Gasteiger partial charge on any atom is -0.370 e. The Morgan fingerprint density at radius 3 is 2.13 bits per heavy atom. The molecule has 0 heterocycles. The van der Waals surface area contributed by atoms with Crippen LogP contribution in [-0.2, 0) is 30.6 Å². The summed E-state index contributed by atoms with van der Waals surface area (Å²) in [4.78, 5) is 65.5. The average Bonchev–Trinajstić information content (AvgIpc) is 2.85. The van der Waals surface area contributed by atoms with Gasteiger partial charge in [0.15, 0.2) is 0 Å². The van der Waals surface area contributed by atoms with Crippen molar-refractivity contribution in [2.24, 2.45) is 17.4 Å². The fourth-order valence-corrected chi connectivity index (χ4v) is 3.48. The standard InChI is InChI=1S/C25H41N7O6/c1-16(2)22(32-21(34)9-5-4-8-20(26)33)24(36)31-19(7-6-14-29-25(27)37)23(35)30-18-12-10-17(11-13-18)15-38-28-3/h10-13,16,19,22,28H,4-9,14-15H2,1-3H3,(H2,26,33)(H,30,35)(H,31,36)(H,32,34)(H3,27,29,37). The molecule has 38 heavy (non-hydrogen) atoms. The van der Waals surface area contributed by atoms with Crippen LogP contribution in [0.25, 0.3) is 0 Å². The lowest BCUT2D eigenvalue weighted by atomic mass is 10.0. The van der Waals surface area contributed by atoms with Gasteiger partial charge in [0, 0.05) is 32.1 Å². The smallest absolute Gasteiger partial charge is 0.312 e. The van der Waals surface area contributed by atoms with E-state index in [2.05, 4.69) is 26.7 Å². The summed E-state index contributed by atoms with van der Waals surface area (Å²) in [6, 6.07) is 4.54. The topological polar surface area (TPSA) is 207 Å². The van der Waals surface area contributed by atoms with E-state index in [4.69, 9.17) is 16.3 Å². The summed E-state index contributed by atoms with van der Waals surface area (Å²) in [6.07, 6.45) is 1.86. The summed E-state index contributed by atoms with van der Waals surface area (Å²) < 4.78 is 0. The van der Waals surface area contributed by atoms with E-state index in [1.165, 1.54) is 0 Å². The maximum Gasteiger partial charge on any atom is 0.312 e. The Balaban J connectivity index is 2.84. The maximum absolute atomic E-state index is 13.1. The number of primary amides is 2. The summed E-state index contributed by atoms with van der Waals surface area (Å²) in [6.45, 7) is 4.14. The van der Waals surface area contributed by atoms with Crippen LogP contribution < -0.4 is 38.2 Å². The molecule has 0 aliphatic rings. The number of anilines is 1. The summed E-state index contributed by atoms with van der Waals surface area (Å²) >= 11 is 0. The molecule has 212 valence electrons. The van der Waals surface area contributed by atoms with Gasteiger partial charge in [0.2, 0.25) is 23.6 Å². The fraction of sp³-hybridized carbons (Fsp3) is 0.560. The van der Waals surface area contributed by atoms with Crippen molar-refractivity contribution in [1.29, 1.82) is 0 Å². The van der Waals surface area contributed by atoms with Crippen molar-refractivity contribution in [2.75, 3.05) is 18.9 Å². The molecule has 0 aliphatic carbocycles. The highest BCUT2D eigenvalue weighted by atomic mass is 16.6. The van der Waals surface area contributed by atoms with Gasteiger partial charge in [-0.15, -0.1) is 0 Å². The van der Waals surface area contributed by atoms with Crippen molar-refractivity contribution in [3.63, 3.8) is 0 Å². The van der Waals surface area contributed by atoms with Crippen LogP contribution in [0, 0.1) is 5.92 Å². The van der Waals surface area contributed by atoms with Crippen molar-refractivity contribution >= 4 is 35.3 Å². The summed E-state index contributed by atoms with van der Waals surface area (Å²) in [5, 5.41) is 10.7. The van der Waals surface area contributed by atoms with Crippen LogP contribution in [0.4, 0.5) is 10.5 Å². The van der Waals surface area contributed by atoms with E-state index in [0.29, 0.717) is 31.6 Å². The van der Waals surface area contributed by atoms with Gasteiger partial charge in [0.25, 0.3) is 0 Å². The van der Waals surface area contributed by atoms with E-state index >= 15 is 0 Å². The number of urea groups is 1. The number of hydrogen-bond acceptors (Lipinski definition) is 7. The molecule has 1 aromatic rings. The van der Waals surface area contributed by atoms with Crippen molar-refractivity contribution in [1.82, 2.24) is 21.4 Å². The normalized spacial score (nSPS) is 12.3. The number of amides is 6. The van der Waals surface area contributed by atoms with E-state index in [9.17, 15) is 24.0 Å². The van der Waals surface area contributed by atoms with E-state index in [1.807, 2.05) is 0 Å². The number of nitrogens with two attached hydrogens (primary N) is 2. The zero-order chi connectivity index (χ0) is 28.5. The second kappa shape index (κ2) is 17.7. The van der Waals surface area contributed by atoms with Gasteiger partial charge in [-0.25, -0.2) is 10.3 Å². The molecule has 13 heteroatoms. The fourth-order valence-electron chi connectivity index (χ4n) is 3.48. The highest BCUT2D eigenvalue weighted by Crippen LogP contribution is 2.12. The maximum atomic E-state index is 13.1. The Morgan fingerprint density at radius 1 is 0.895 bits per heavy atom. The van der Waals surface area contributed by atoms with Gasteiger partial charge in [-0.1, -0.05) is 26.0 Å². The molecule has 0 aromatic heterocycles. The molecule has 13 nitrogen and oxygen atoms in total. The average molecular weight is 536 g/mol. The Labute approximate surface area is 223 Å². The van der Waals surface area contributed by atoms with Gasteiger partial charge in [-0.3, -0.25) is 24.0 Å². The zero-order valence-corrected chi connectivity index (χ0v) is 22.3. The number of nitrogens with one attached hydrogen (secondary N) is 5. The van der Waals surface area contributed by atoms with E-state index in [1.54, 1.807) is 45.2 Å². The van der Waals surface area contributed by atoms with E-state index in [0.717, 1.165) is 5.56 Å². The van der Waals surface area contributed by atoms with Gasteiger partial charge in [-0.2, -0.15) is 0 Å². The van der Waals surface area contributed by atoms with Crippen LogP contribution in [-0.4, -0.2) is 55.3 Å². The molecular formula is C25H41N7O6. The Kier molecular flexibility index (Phi) is 15.0. The van der Waals surface area contributed by atoms with Crippen LogP contribution in [0.15, 0.2) is 24.3 Å². The molecule has 1 rings (SSSR count).